The largest absolute Gasteiger partial charge is 0.349 e. The lowest BCUT2D eigenvalue weighted by Crippen LogP contribution is -2.28. The summed E-state index contributed by atoms with van der Waals surface area (Å²) in [6.07, 6.45) is 2.77. The summed E-state index contributed by atoms with van der Waals surface area (Å²) in [5.41, 5.74) is 2.22. The van der Waals surface area contributed by atoms with Gasteiger partial charge in [-0.25, -0.2) is 0 Å². The topological polar surface area (TPSA) is 92.8 Å². The number of aromatic nitrogens is 5. The standard InChI is InChI=1S/C16H18N6O2/c1-10-17-15(24-20-10)11-5-7-22(9-11)16(23)13-8-12(18-19-13)14-4-3-6-21(14)2/h3-4,6,8,11H,5,7,9H2,1-2H3,(H,18,19)/t11-/m1/s1. The molecule has 1 amide bonds. The Morgan fingerprint density at radius 2 is 2.33 bits per heavy atom. The number of hydrogen-bond acceptors (Lipinski definition) is 5. The molecular weight excluding hydrogens is 308 g/mol. The number of carbonyl (C=O) groups is 1. The van der Waals surface area contributed by atoms with E-state index in [1.807, 2.05) is 29.9 Å². The quantitative estimate of drug-likeness (QED) is 0.791. The summed E-state index contributed by atoms with van der Waals surface area (Å²) < 4.78 is 7.19. The zero-order valence-electron chi connectivity index (χ0n) is 13.6. The molecule has 4 heterocycles. The first-order valence-electron chi connectivity index (χ1n) is 7.88. The van der Waals surface area contributed by atoms with Crippen molar-refractivity contribution in [2.45, 2.75) is 19.3 Å². The zero-order valence-corrected chi connectivity index (χ0v) is 13.6. The molecule has 0 radical (unpaired) electrons. The van der Waals surface area contributed by atoms with E-state index >= 15 is 0 Å². The third-order valence-corrected chi connectivity index (χ3v) is 4.38. The summed E-state index contributed by atoms with van der Waals surface area (Å²) in [5.74, 6) is 1.28. The fourth-order valence-electron chi connectivity index (χ4n) is 3.09. The van der Waals surface area contributed by atoms with Crippen LogP contribution in [-0.4, -0.2) is 48.8 Å². The van der Waals surface area contributed by atoms with E-state index in [2.05, 4.69) is 20.3 Å². The molecule has 1 saturated heterocycles. The number of aryl methyl sites for hydroxylation is 2. The Bertz CT molecular complexity index is 877. The molecule has 3 aromatic rings. The fourth-order valence-corrected chi connectivity index (χ4v) is 3.09. The predicted molar refractivity (Wildman–Crippen MR) is 85.3 cm³/mol. The Morgan fingerprint density at radius 1 is 1.46 bits per heavy atom. The van der Waals surface area contributed by atoms with Gasteiger partial charge >= 0.3 is 0 Å². The highest BCUT2D eigenvalue weighted by atomic mass is 16.5. The monoisotopic (exact) mass is 326 g/mol. The molecule has 124 valence electrons. The average Bonchev–Trinajstić information content (AvgIpc) is 3.33. The summed E-state index contributed by atoms with van der Waals surface area (Å²) in [5, 5.41) is 10.9. The molecule has 1 atom stereocenters. The van der Waals surface area contributed by atoms with E-state index in [0.29, 0.717) is 30.5 Å². The van der Waals surface area contributed by atoms with Crippen LogP contribution in [0.2, 0.25) is 0 Å². The van der Waals surface area contributed by atoms with Crippen molar-refractivity contribution in [2.75, 3.05) is 13.1 Å². The Morgan fingerprint density at radius 3 is 3.04 bits per heavy atom. The van der Waals surface area contributed by atoms with Gasteiger partial charge in [0, 0.05) is 26.3 Å². The number of amides is 1. The molecule has 24 heavy (non-hydrogen) atoms. The van der Waals surface area contributed by atoms with Gasteiger partial charge in [-0.2, -0.15) is 10.1 Å². The van der Waals surface area contributed by atoms with Crippen LogP contribution in [0.4, 0.5) is 0 Å². The molecule has 0 saturated carbocycles. The molecule has 1 aliphatic heterocycles. The number of likely N-dealkylation sites (tertiary alicyclic amines) is 1. The molecule has 1 N–H and O–H groups in total. The van der Waals surface area contributed by atoms with E-state index in [9.17, 15) is 4.79 Å². The number of rotatable bonds is 3. The van der Waals surface area contributed by atoms with Crippen molar-refractivity contribution < 1.29 is 9.32 Å². The number of nitrogens with zero attached hydrogens (tertiary/aromatic N) is 5. The Labute approximate surface area is 138 Å². The van der Waals surface area contributed by atoms with Gasteiger partial charge in [0.2, 0.25) is 5.89 Å². The molecule has 0 spiro atoms. The second kappa shape index (κ2) is 5.63. The number of aromatic amines is 1. The van der Waals surface area contributed by atoms with Gasteiger partial charge in [-0.05, 0) is 31.5 Å². The summed E-state index contributed by atoms with van der Waals surface area (Å²) in [6, 6.07) is 5.71. The van der Waals surface area contributed by atoms with Crippen LogP contribution in [0.3, 0.4) is 0 Å². The summed E-state index contributed by atoms with van der Waals surface area (Å²) in [6.45, 7) is 3.04. The zero-order chi connectivity index (χ0) is 16.7. The first-order valence-corrected chi connectivity index (χ1v) is 7.88. The van der Waals surface area contributed by atoms with Crippen molar-refractivity contribution in [3.05, 3.63) is 41.8 Å². The van der Waals surface area contributed by atoms with Crippen LogP contribution < -0.4 is 0 Å². The second-order valence-electron chi connectivity index (χ2n) is 6.09. The number of H-pyrrole nitrogens is 1. The molecule has 8 nitrogen and oxygen atoms in total. The van der Waals surface area contributed by atoms with Gasteiger partial charge in [-0.1, -0.05) is 5.16 Å². The predicted octanol–water partition coefficient (Wildman–Crippen LogP) is 1.74. The van der Waals surface area contributed by atoms with Gasteiger partial charge in [0.1, 0.15) is 11.4 Å². The molecule has 0 aliphatic carbocycles. The lowest BCUT2D eigenvalue weighted by atomic mass is 10.1. The number of hydrogen-bond donors (Lipinski definition) is 1. The van der Waals surface area contributed by atoms with E-state index in [4.69, 9.17) is 4.52 Å². The fraction of sp³-hybridized carbons (Fsp3) is 0.375. The molecule has 8 heteroatoms. The van der Waals surface area contributed by atoms with Crippen LogP contribution in [-0.2, 0) is 7.05 Å². The molecule has 3 aromatic heterocycles. The van der Waals surface area contributed by atoms with Gasteiger partial charge < -0.3 is 14.0 Å². The lowest BCUT2D eigenvalue weighted by Gasteiger charge is -2.14. The lowest BCUT2D eigenvalue weighted by molar-refractivity contribution is 0.0783. The summed E-state index contributed by atoms with van der Waals surface area (Å²) in [7, 11) is 1.95. The number of nitrogens with one attached hydrogen (secondary N) is 1. The van der Waals surface area contributed by atoms with Gasteiger partial charge in [0.15, 0.2) is 5.82 Å². The SMILES string of the molecule is Cc1noc([C@@H]2CCN(C(=O)c3cc(-c4cccn4C)n[nH]3)C2)n1. The van der Waals surface area contributed by atoms with Crippen molar-refractivity contribution in [3.63, 3.8) is 0 Å². The van der Waals surface area contributed by atoms with E-state index < -0.39 is 0 Å². The van der Waals surface area contributed by atoms with Crippen molar-refractivity contribution in [1.29, 1.82) is 0 Å². The Hall–Kier alpha value is -2.90. The van der Waals surface area contributed by atoms with Gasteiger partial charge in [-0.15, -0.1) is 0 Å². The van der Waals surface area contributed by atoms with Crippen LogP contribution in [0.15, 0.2) is 28.9 Å². The maximum absolute atomic E-state index is 12.7. The van der Waals surface area contributed by atoms with E-state index in [1.54, 1.807) is 17.9 Å². The van der Waals surface area contributed by atoms with Crippen LogP contribution in [0, 0.1) is 6.92 Å². The van der Waals surface area contributed by atoms with Crippen LogP contribution in [0.5, 0.6) is 0 Å². The molecule has 0 bridgehead atoms. The third-order valence-electron chi connectivity index (χ3n) is 4.38. The molecule has 1 aliphatic rings. The minimum atomic E-state index is -0.0540. The first-order chi connectivity index (χ1) is 11.6. The smallest absolute Gasteiger partial charge is 0.271 e. The maximum atomic E-state index is 12.7. The Kier molecular flexibility index (Phi) is 3.44. The molecule has 0 unspecified atom stereocenters. The minimum absolute atomic E-state index is 0.0540. The summed E-state index contributed by atoms with van der Waals surface area (Å²) in [4.78, 5) is 18.7. The van der Waals surface area contributed by atoms with Gasteiger partial charge in [-0.3, -0.25) is 9.89 Å². The van der Waals surface area contributed by atoms with E-state index in [-0.39, 0.29) is 11.8 Å². The minimum Gasteiger partial charge on any atom is -0.349 e. The van der Waals surface area contributed by atoms with Crippen LogP contribution >= 0.6 is 0 Å². The maximum Gasteiger partial charge on any atom is 0.271 e. The van der Waals surface area contributed by atoms with E-state index in [0.717, 1.165) is 17.8 Å². The highest BCUT2D eigenvalue weighted by molar-refractivity contribution is 5.93. The normalized spacial score (nSPS) is 17.6. The molecular formula is C16H18N6O2. The van der Waals surface area contributed by atoms with E-state index in [1.165, 1.54) is 0 Å². The summed E-state index contributed by atoms with van der Waals surface area (Å²) >= 11 is 0. The average molecular weight is 326 g/mol. The third kappa shape index (κ3) is 2.49. The van der Waals surface area contributed by atoms with Crippen molar-refractivity contribution in [1.82, 2.24) is 29.8 Å². The highest BCUT2D eigenvalue weighted by Crippen LogP contribution is 2.27. The van der Waals surface area contributed by atoms with Crippen molar-refractivity contribution in [2.24, 2.45) is 7.05 Å². The second-order valence-corrected chi connectivity index (χ2v) is 6.09. The van der Waals surface area contributed by atoms with Crippen molar-refractivity contribution >= 4 is 5.91 Å². The molecule has 4 rings (SSSR count). The van der Waals surface area contributed by atoms with Crippen LogP contribution in [0.1, 0.15) is 34.5 Å². The van der Waals surface area contributed by atoms with Gasteiger partial charge in [0.25, 0.3) is 5.91 Å². The molecule has 1 fully saturated rings. The number of carbonyl (C=O) groups excluding carboxylic acids is 1. The molecule has 0 aromatic carbocycles. The van der Waals surface area contributed by atoms with Crippen LogP contribution in [0.25, 0.3) is 11.4 Å². The first kappa shape index (κ1) is 14.7. The van der Waals surface area contributed by atoms with Gasteiger partial charge in [0.05, 0.1) is 11.6 Å². The highest BCUT2D eigenvalue weighted by Gasteiger charge is 2.32. The van der Waals surface area contributed by atoms with Crippen molar-refractivity contribution in [3.8, 4) is 11.4 Å². The Balaban J connectivity index is 1.49.